The first kappa shape index (κ1) is 50.8. The molecule has 0 radical (unpaired) electrons. The van der Waals surface area contributed by atoms with Crippen molar-refractivity contribution in [3.8, 4) is 0 Å². The highest BCUT2D eigenvalue weighted by Crippen LogP contribution is 2.14. The zero-order valence-electron chi connectivity index (χ0n) is 35.0. The van der Waals surface area contributed by atoms with E-state index in [1.165, 1.54) is 128 Å². The fourth-order valence-corrected chi connectivity index (χ4v) is 6.17. The van der Waals surface area contributed by atoms with Crippen molar-refractivity contribution in [3.05, 3.63) is 72.9 Å². The molecule has 0 aliphatic carbocycles. The minimum Gasteiger partial charge on any atom is -0.457 e. The fourth-order valence-electron chi connectivity index (χ4n) is 6.17. The Labute approximate surface area is 329 Å². The van der Waals surface area contributed by atoms with Gasteiger partial charge >= 0.3 is 5.97 Å². The third-order valence-electron chi connectivity index (χ3n) is 9.52. The Kier molecular flexibility index (Phi) is 44.1. The lowest BCUT2D eigenvalue weighted by atomic mass is 10.0. The number of aliphatic hydroxyl groups is 1. The van der Waals surface area contributed by atoms with E-state index < -0.39 is 6.10 Å². The molecule has 0 heterocycles. The Bertz CT molecular complexity index is 911. The molecule has 1 atom stereocenters. The Balaban J connectivity index is 3.45. The Hall–Kier alpha value is -2.17. The summed E-state index contributed by atoms with van der Waals surface area (Å²) in [6, 6.07) is 0. The smallest absolute Gasteiger partial charge is 0.306 e. The van der Waals surface area contributed by atoms with Crippen molar-refractivity contribution < 1.29 is 19.4 Å². The largest absolute Gasteiger partial charge is 0.457 e. The summed E-state index contributed by atoms with van der Waals surface area (Å²) in [5.41, 5.74) is 0. The number of rotatable bonds is 41. The minimum atomic E-state index is -0.559. The van der Waals surface area contributed by atoms with E-state index in [9.17, 15) is 9.90 Å². The SMILES string of the molecule is CC/C=C\C/C=C\C/C=C\C/C=C\CCCCC(=O)OC(CO)COCCCCCCCCCCCCCCCC/C=C\C/C=C\CCCCCCC. The van der Waals surface area contributed by atoms with E-state index >= 15 is 0 Å². The van der Waals surface area contributed by atoms with Crippen molar-refractivity contribution in [1.82, 2.24) is 0 Å². The van der Waals surface area contributed by atoms with E-state index in [0.717, 1.165) is 57.8 Å². The van der Waals surface area contributed by atoms with Crippen LogP contribution in [0.25, 0.3) is 0 Å². The molecule has 0 aliphatic rings. The summed E-state index contributed by atoms with van der Waals surface area (Å²) >= 11 is 0. The van der Waals surface area contributed by atoms with E-state index in [2.05, 4.69) is 86.8 Å². The van der Waals surface area contributed by atoms with Crippen LogP contribution in [0.3, 0.4) is 0 Å². The highest BCUT2D eigenvalue weighted by atomic mass is 16.6. The van der Waals surface area contributed by atoms with Gasteiger partial charge in [-0.2, -0.15) is 0 Å². The number of esters is 1. The molecule has 53 heavy (non-hydrogen) atoms. The molecule has 306 valence electrons. The Morgan fingerprint density at radius 2 is 0.849 bits per heavy atom. The molecule has 0 spiro atoms. The van der Waals surface area contributed by atoms with Crippen LogP contribution in [0.4, 0.5) is 0 Å². The lowest BCUT2D eigenvalue weighted by Crippen LogP contribution is -2.27. The van der Waals surface area contributed by atoms with Gasteiger partial charge in [0.2, 0.25) is 0 Å². The second-order valence-electron chi connectivity index (χ2n) is 14.7. The van der Waals surface area contributed by atoms with Gasteiger partial charge in [-0.25, -0.2) is 0 Å². The van der Waals surface area contributed by atoms with Crippen LogP contribution in [0, 0.1) is 0 Å². The van der Waals surface area contributed by atoms with Gasteiger partial charge in [0.1, 0.15) is 6.10 Å². The quantitative estimate of drug-likeness (QED) is 0.0385. The van der Waals surface area contributed by atoms with Gasteiger partial charge < -0.3 is 14.6 Å². The molecule has 0 bridgehead atoms. The molecule has 0 saturated carbocycles. The number of allylic oxidation sites excluding steroid dienone is 12. The van der Waals surface area contributed by atoms with Crippen molar-refractivity contribution in [2.24, 2.45) is 0 Å². The topological polar surface area (TPSA) is 55.8 Å². The van der Waals surface area contributed by atoms with Crippen molar-refractivity contribution in [2.75, 3.05) is 19.8 Å². The summed E-state index contributed by atoms with van der Waals surface area (Å²) in [5, 5.41) is 9.60. The number of unbranched alkanes of at least 4 members (excludes halogenated alkanes) is 21. The van der Waals surface area contributed by atoms with Crippen LogP contribution in [-0.4, -0.2) is 37.0 Å². The van der Waals surface area contributed by atoms with Gasteiger partial charge in [0.05, 0.1) is 13.2 Å². The predicted octanol–water partition coefficient (Wildman–Crippen LogP) is 15.0. The van der Waals surface area contributed by atoms with E-state index in [0.29, 0.717) is 13.0 Å². The second kappa shape index (κ2) is 46.0. The molecular weight excluding hydrogens is 653 g/mol. The van der Waals surface area contributed by atoms with E-state index in [-0.39, 0.29) is 19.2 Å². The fraction of sp³-hybridized carbons (Fsp3) is 0.735. The summed E-state index contributed by atoms with van der Waals surface area (Å²) in [4.78, 5) is 12.2. The summed E-state index contributed by atoms with van der Waals surface area (Å²) in [6.45, 7) is 5.18. The maximum absolute atomic E-state index is 12.2. The standard InChI is InChI=1S/C49H86O4/c1-3-5-7-9-11-13-15-17-19-20-21-22-23-24-25-26-27-28-29-31-33-35-37-39-41-43-45-52-47-48(46-50)53-49(51)44-42-40-38-36-34-32-30-18-16-14-12-10-8-6-4-2/h6,8,12,14-15,17-18,20-21,30,34,36,48,50H,3-5,7,9-11,13,16,19,22-29,31-33,35,37-47H2,1-2H3/b8-6-,14-12-,17-15-,21-20-,30-18-,36-34-. The molecule has 0 amide bonds. The molecule has 0 rings (SSSR count). The lowest BCUT2D eigenvalue weighted by Gasteiger charge is -2.15. The van der Waals surface area contributed by atoms with Crippen LogP contribution in [0.5, 0.6) is 0 Å². The average molecular weight is 739 g/mol. The summed E-state index contributed by atoms with van der Waals surface area (Å²) in [5.74, 6) is -0.241. The molecule has 0 aromatic heterocycles. The number of carbonyl (C=O) groups excluding carboxylic acids is 1. The molecule has 1 N–H and O–H groups in total. The van der Waals surface area contributed by atoms with E-state index in [4.69, 9.17) is 9.47 Å². The second-order valence-corrected chi connectivity index (χ2v) is 14.7. The molecule has 0 aromatic rings. The molecule has 0 saturated heterocycles. The number of ether oxygens (including phenoxy) is 2. The van der Waals surface area contributed by atoms with Crippen LogP contribution in [0.2, 0.25) is 0 Å². The van der Waals surface area contributed by atoms with Crippen LogP contribution in [-0.2, 0) is 14.3 Å². The van der Waals surface area contributed by atoms with Gasteiger partial charge in [0.25, 0.3) is 0 Å². The Morgan fingerprint density at radius 3 is 1.28 bits per heavy atom. The summed E-state index contributed by atoms with van der Waals surface area (Å²) in [6.07, 6.45) is 62.7. The number of aliphatic hydroxyl groups excluding tert-OH is 1. The average Bonchev–Trinajstić information content (AvgIpc) is 3.16. The van der Waals surface area contributed by atoms with Crippen LogP contribution < -0.4 is 0 Å². The van der Waals surface area contributed by atoms with Gasteiger partial charge in [-0.05, 0) is 83.5 Å². The van der Waals surface area contributed by atoms with Gasteiger partial charge in [-0.1, -0.05) is 189 Å². The van der Waals surface area contributed by atoms with Crippen molar-refractivity contribution in [3.63, 3.8) is 0 Å². The van der Waals surface area contributed by atoms with E-state index in [1.54, 1.807) is 0 Å². The number of hydrogen-bond acceptors (Lipinski definition) is 4. The van der Waals surface area contributed by atoms with Crippen LogP contribution in [0.15, 0.2) is 72.9 Å². The van der Waals surface area contributed by atoms with Crippen molar-refractivity contribution >= 4 is 5.97 Å². The molecule has 0 aliphatic heterocycles. The lowest BCUT2D eigenvalue weighted by molar-refractivity contribution is -0.154. The zero-order valence-corrected chi connectivity index (χ0v) is 35.0. The maximum Gasteiger partial charge on any atom is 0.306 e. The van der Waals surface area contributed by atoms with Gasteiger partial charge in [0, 0.05) is 13.0 Å². The number of hydrogen-bond donors (Lipinski definition) is 1. The molecule has 4 heteroatoms. The van der Waals surface area contributed by atoms with Gasteiger partial charge in [0.15, 0.2) is 0 Å². The molecule has 4 nitrogen and oxygen atoms in total. The zero-order chi connectivity index (χ0) is 38.4. The highest BCUT2D eigenvalue weighted by Gasteiger charge is 2.13. The highest BCUT2D eigenvalue weighted by molar-refractivity contribution is 5.69. The first-order chi connectivity index (χ1) is 26.2. The summed E-state index contributed by atoms with van der Waals surface area (Å²) < 4.78 is 11.1. The van der Waals surface area contributed by atoms with Crippen molar-refractivity contribution in [2.45, 2.75) is 213 Å². The molecule has 0 aromatic carbocycles. The predicted molar refractivity (Wildman–Crippen MR) is 232 cm³/mol. The Morgan fingerprint density at radius 1 is 0.472 bits per heavy atom. The van der Waals surface area contributed by atoms with Gasteiger partial charge in [-0.3, -0.25) is 4.79 Å². The first-order valence-electron chi connectivity index (χ1n) is 22.5. The number of carbonyl (C=O) groups is 1. The molecule has 1 unspecified atom stereocenters. The first-order valence-corrected chi connectivity index (χ1v) is 22.5. The van der Waals surface area contributed by atoms with Crippen molar-refractivity contribution in [1.29, 1.82) is 0 Å². The normalized spacial score (nSPS) is 13.0. The third-order valence-corrected chi connectivity index (χ3v) is 9.52. The van der Waals surface area contributed by atoms with Crippen LogP contribution >= 0.6 is 0 Å². The maximum atomic E-state index is 12.2. The van der Waals surface area contributed by atoms with E-state index in [1.807, 2.05) is 0 Å². The van der Waals surface area contributed by atoms with Gasteiger partial charge in [-0.15, -0.1) is 0 Å². The van der Waals surface area contributed by atoms with Crippen LogP contribution in [0.1, 0.15) is 206 Å². The minimum absolute atomic E-state index is 0.191. The molecule has 0 fully saturated rings. The summed E-state index contributed by atoms with van der Waals surface area (Å²) in [7, 11) is 0. The molecular formula is C49H86O4. The monoisotopic (exact) mass is 739 g/mol. The third kappa shape index (κ3) is 44.1.